The Kier molecular flexibility index (Phi) is 2.01. The van der Waals surface area contributed by atoms with E-state index < -0.39 is 0 Å². The van der Waals surface area contributed by atoms with Crippen molar-refractivity contribution >= 4 is 34.9 Å². The first-order valence-electron chi connectivity index (χ1n) is 5.39. The summed E-state index contributed by atoms with van der Waals surface area (Å²) < 4.78 is 3.02. The molecule has 1 unspecified atom stereocenters. The summed E-state index contributed by atoms with van der Waals surface area (Å²) in [4.78, 5) is 3.22. The van der Waals surface area contributed by atoms with E-state index >= 15 is 0 Å². The summed E-state index contributed by atoms with van der Waals surface area (Å²) in [5.41, 5.74) is 2.55. The molecule has 0 radical (unpaired) electrons. The minimum atomic E-state index is 0.368. The Morgan fingerprint density at radius 2 is 2.19 bits per heavy atom. The zero-order chi connectivity index (χ0) is 11.5. The lowest BCUT2D eigenvalue weighted by Crippen LogP contribution is -1.99. The Morgan fingerprint density at radius 3 is 2.81 bits per heavy atom. The van der Waals surface area contributed by atoms with Crippen LogP contribution in [0.2, 0.25) is 5.02 Å². The topological polar surface area (TPSA) is 20.7 Å². The van der Waals surface area contributed by atoms with Crippen LogP contribution in [0, 0.1) is 10.2 Å². The largest absolute Gasteiger partial charge is 0.331 e. The van der Waals surface area contributed by atoms with Crippen LogP contribution in [-0.4, -0.2) is 9.55 Å². The average molecular weight is 253 g/mol. The van der Waals surface area contributed by atoms with E-state index in [1.807, 2.05) is 18.2 Å². The lowest BCUT2D eigenvalue weighted by Gasteiger charge is -2.06. The molecule has 84 valence electrons. The lowest BCUT2D eigenvalue weighted by molar-refractivity contribution is 0.546. The van der Waals surface area contributed by atoms with Gasteiger partial charge in [0.1, 0.15) is 0 Å². The number of aromatic nitrogens is 2. The number of fused-ring (bicyclic) bond motifs is 1. The van der Waals surface area contributed by atoms with Crippen LogP contribution in [-0.2, 0) is 0 Å². The first kappa shape index (κ1) is 10.4. The molecule has 2 nitrogen and oxygen atoms in total. The molecule has 1 aliphatic rings. The fraction of sp³-hybridized carbons (Fsp3) is 0.417. The maximum atomic E-state index is 5.97. The lowest BCUT2D eigenvalue weighted by atomic mass is 10.2. The summed E-state index contributed by atoms with van der Waals surface area (Å²) in [6.07, 6.45) is 1.19. The standard InChI is InChI=1S/C12H13ClN2S/c1-12(2)6-10(12)15-9-4-3-7(13)5-8(9)14-11(15)16/h3-5,10H,6H2,1-2H3,(H,14,16). The third kappa shape index (κ3) is 1.42. The molecule has 1 saturated carbocycles. The van der Waals surface area contributed by atoms with Gasteiger partial charge < -0.3 is 9.55 Å². The van der Waals surface area contributed by atoms with Gasteiger partial charge in [0, 0.05) is 11.1 Å². The number of halogens is 1. The number of hydrogen-bond donors (Lipinski definition) is 1. The molecule has 1 aliphatic carbocycles. The molecule has 1 aromatic carbocycles. The van der Waals surface area contributed by atoms with Gasteiger partial charge in [0.15, 0.2) is 4.77 Å². The van der Waals surface area contributed by atoms with Crippen LogP contribution in [0.5, 0.6) is 0 Å². The highest BCUT2D eigenvalue weighted by Crippen LogP contribution is 2.56. The second kappa shape index (κ2) is 3.11. The Morgan fingerprint density at radius 1 is 1.50 bits per heavy atom. The van der Waals surface area contributed by atoms with Crippen molar-refractivity contribution in [3.8, 4) is 0 Å². The number of hydrogen-bond acceptors (Lipinski definition) is 1. The van der Waals surface area contributed by atoms with E-state index in [0.29, 0.717) is 11.5 Å². The van der Waals surface area contributed by atoms with E-state index in [0.717, 1.165) is 20.8 Å². The van der Waals surface area contributed by atoms with Crippen molar-refractivity contribution in [1.82, 2.24) is 9.55 Å². The number of H-pyrrole nitrogens is 1. The van der Waals surface area contributed by atoms with Crippen molar-refractivity contribution in [2.24, 2.45) is 5.41 Å². The SMILES string of the molecule is CC1(C)CC1n1c(=S)[nH]c2cc(Cl)ccc21. The zero-order valence-electron chi connectivity index (χ0n) is 9.25. The third-order valence-corrected chi connectivity index (χ3v) is 3.99. The van der Waals surface area contributed by atoms with Crippen LogP contribution in [0.4, 0.5) is 0 Å². The number of rotatable bonds is 1. The molecule has 1 atom stereocenters. The summed E-state index contributed by atoms with van der Waals surface area (Å²) >= 11 is 11.3. The van der Waals surface area contributed by atoms with Gasteiger partial charge in [-0.15, -0.1) is 0 Å². The Bertz CT molecular complexity index is 623. The maximum absolute atomic E-state index is 5.97. The molecular weight excluding hydrogens is 240 g/mol. The van der Waals surface area contributed by atoms with Gasteiger partial charge in [-0.25, -0.2) is 0 Å². The van der Waals surface area contributed by atoms with Crippen molar-refractivity contribution in [3.05, 3.63) is 28.0 Å². The zero-order valence-corrected chi connectivity index (χ0v) is 10.8. The molecule has 4 heteroatoms. The molecule has 0 amide bonds. The van der Waals surface area contributed by atoms with E-state index in [1.54, 1.807) is 0 Å². The first-order chi connectivity index (χ1) is 7.49. The predicted molar refractivity (Wildman–Crippen MR) is 69.6 cm³/mol. The van der Waals surface area contributed by atoms with Gasteiger partial charge in [-0.2, -0.15) is 0 Å². The van der Waals surface area contributed by atoms with Crippen LogP contribution in [0.3, 0.4) is 0 Å². The molecule has 1 heterocycles. The Balaban J connectivity index is 2.25. The molecular formula is C12H13ClN2S. The van der Waals surface area contributed by atoms with Crippen LogP contribution in [0.15, 0.2) is 18.2 Å². The fourth-order valence-corrected chi connectivity index (χ4v) is 2.80. The van der Waals surface area contributed by atoms with Gasteiger partial charge in [0.05, 0.1) is 11.0 Å². The average Bonchev–Trinajstić information content (AvgIpc) is 2.67. The van der Waals surface area contributed by atoms with Crippen LogP contribution in [0.25, 0.3) is 11.0 Å². The van der Waals surface area contributed by atoms with Crippen molar-refractivity contribution in [1.29, 1.82) is 0 Å². The molecule has 1 aromatic heterocycles. The molecule has 0 bridgehead atoms. The molecule has 16 heavy (non-hydrogen) atoms. The van der Waals surface area contributed by atoms with Crippen LogP contribution < -0.4 is 0 Å². The van der Waals surface area contributed by atoms with Gasteiger partial charge in [0.2, 0.25) is 0 Å². The van der Waals surface area contributed by atoms with Crippen molar-refractivity contribution in [2.45, 2.75) is 26.3 Å². The molecule has 0 saturated heterocycles. The molecule has 0 aliphatic heterocycles. The monoisotopic (exact) mass is 252 g/mol. The van der Waals surface area contributed by atoms with E-state index in [2.05, 4.69) is 23.4 Å². The minimum absolute atomic E-state index is 0.368. The molecule has 1 N–H and O–H groups in total. The normalized spacial score (nSPS) is 22.6. The summed E-state index contributed by atoms with van der Waals surface area (Å²) in [5.74, 6) is 0. The van der Waals surface area contributed by atoms with Gasteiger partial charge in [-0.1, -0.05) is 25.4 Å². The van der Waals surface area contributed by atoms with Gasteiger partial charge in [-0.3, -0.25) is 0 Å². The second-order valence-electron chi connectivity index (χ2n) is 5.17. The minimum Gasteiger partial charge on any atom is -0.331 e. The van der Waals surface area contributed by atoms with Crippen LogP contribution in [0.1, 0.15) is 26.3 Å². The van der Waals surface area contributed by atoms with Gasteiger partial charge in [-0.05, 0) is 42.3 Å². The molecule has 1 fully saturated rings. The molecule has 2 aromatic rings. The number of aromatic amines is 1. The van der Waals surface area contributed by atoms with Crippen molar-refractivity contribution in [2.75, 3.05) is 0 Å². The van der Waals surface area contributed by atoms with Crippen molar-refractivity contribution < 1.29 is 0 Å². The third-order valence-electron chi connectivity index (χ3n) is 3.45. The summed E-state index contributed by atoms with van der Waals surface area (Å²) in [6, 6.07) is 6.41. The second-order valence-corrected chi connectivity index (χ2v) is 5.99. The number of benzene rings is 1. The van der Waals surface area contributed by atoms with Gasteiger partial charge >= 0.3 is 0 Å². The summed E-state index contributed by atoms with van der Waals surface area (Å²) in [7, 11) is 0. The molecule has 3 rings (SSSR count). The summed E-state index contributed by atoms with van der Waals surface area (Å²) in [6.45, 7) is 4.54. The van der Waals surface area contributed by atoms with E-state index in [4.69, 9.17) is 23.8 Å². The highest BCUT2D eigenvalue weighted by molar-refractivity contribution is 7.71. The van der Waals surface area contributed by atoms with E-state index in [-0.39, 0.29) is 0 Å². The number of nitrogens with one attached hydrogen (secondary N) is 1. The predicted octanol–water partition coefficient (Wildman–Crippen LogP) is 4.32. The number of nitrogens with zero attached hydrogens (tertiary/aromatic N) is 1. The van der Waals surface area contributed by atoms with E-state index in [9.17, 15) is 0 Å². The first-order valence-corrected chi connectivity index (χ1v) is 6.17. The van der Waals surface area contributed by atoms with Crippen molar-refractivity contribution in [3.63, 3.8) is 0 Å². The van der Waals surface area contributed by atoms with Crippen LogP contribution >= 0.6 is 23.8 Å². The van der Waals surface area contributed by atoms with Gasteiger partial charge in [0.25, 0.3) is 0 Å². The quantitative estimate of drug-likeness (QED) is 0.750. The number of imidazole rings is 1. The Hall–Kier alpha value is -0.800. The Labute approximate surface area is 104 Å². The highest BCUT2D eigenvalue weighted by Gasteiger charge is 2.47. The smallest absolute Gasteiger partial charge is 0.178 e. The summed E-state index contributed by atoms with van der Waals surface area (Å²) in [5, 5.41) is 0.742. The van der Waals surface area contributed by atoms with E-state index in [1.165, 1.54) is 6.42 Å². The molecule has 0 spiro atoms. The fourth-order valence-electron chi connectivity index (χ4n) is 2.29. The maximum Gasteiger partial charge on any atom is 0.178 e. The highest BCUT2D eigenvalue weighted by atomic mass is 35.5.